The highest BCUT2D eigenvalue weighted by atomic mass is 16.3. The van der Waals surface area contributed by atoms with Gasteiger partial charge in [-0.3, -0.25) is 0 Å². The molecule has 0 aliphatic heterocycles. The van der Waals surface area contributed by atoms with E-state index in [0.29, 0.717) is 28.8 Å². The fraction of sp³-hybridized carbons (Fsp3) is 0.926. The summed E-state index contributed by atoms with van der Waals surface area (Å²) in [7, 11) is 0. The van der Waals surface area contributed by atoms with Crippen molar-refractivity contribution in [3.63, 3.8) is 0 Å². The molecular weight excluding hydrogens is 340 g/mol. The Morgan fingerprint density at radius 1 is 1.00 bits per heavy atom. The number of hydrogen-bond donors (Lipinski definition) is 1. The average molecular weight is 387 g/mol. The Labute approximate surface area is 174 Å². The molecule has 0 bridgehead atoms. The third kappa shape index (κ3) is 2.89. The first kappa shape index (κ1) is 21.0. The van der Waals surface area contributed by atoms with Crippen LogP contribution in [0.3, 0.4) is 0 Å². The van der Waals surface area contributed by atoms with Crippen LogP contribution in [0.15, 0.2) is 12.7 Å². The molecule has 0 saturated heterocycles. The molecule has 0 aromatic heterocycles. The minimum absolute atomic E-state index is 0.391. The SMILES string of the molecule is C=CC[C@]12CC[C@H]3C4CCCCC(CO)[C@@]4(C)CCC3[C@@]1(CC)CC[C@H](C)C2. The van der Waals surface area contributed by atoms with Crippen LogP contribution in [0.1, 0.15) is 104 Å². The number of rotatable bonds is 4. The molecule has 1 N–H and O–H groups in total. The van der Waals surface area contributed by atoms with Gasteiger partial charge in [-0.15, -0.1) is 6.58 Å². The Bertz CT molecular complexity index is 569. The summed E-state index contributed by atoms with van der Waals surface area (Å²) in [5, 5.41) is 10.2. The van der Waals surface area contributed by atoms with Gasteiger partial charge in [-0.2, -0.15) is 0 Å². The van der Waals surface area contributed by atoms with Crippen LogP contribution in [-0.4, -0.2) is 11.7 Å². The quantitative estimate of drug-likeness (QED) is 0.499. The molecule has 8 atom stereocenters. The van der Waals surface area contributed by atoms with Gasteiger partial charge in [0.2, 0.25) is 0 Å². The molecule has 0 aromatic carbocycles. The maximum Gasteiger partial charge on any atom is 0.0464 e. The summed E-state index contributed by atoms with van der Waals surface area (Å²) in [5.74, 6) is 4.13. The average Bonchev–Trinajstić information content (AvgIpc) is 2.86. The van der Waals surface area contributed by atoms with E-state index >= 15 is 0 Å². The summed E-state index contributed by atoms with van der Waals surface area (Å²) in [5.41, 5.74) is 1.47. The van der Waals surface area contributed by atoms with Crippen LogP contribution in [0.25, 0.3) is 0 Å². The maximum absolute atomic E-state index is 10.2. The van der Waals surface area contributed by atoms with Gasteiger partial charge in [0.25, 0.3) is 0 Å². The second-order valence-electron chi connectivity index (χ2n) is 11.8. The second kappa shape index (κ2) is 7.75. The lowest BCUT2D eigenvalue weighted by Crippen LogP contribution is -2.60. The fourth-order valence-electron chi connectivity index (χ4n) is 9.75. The molecule has 4 rings (SSSR count). The molecular formula is C27H46O. The van der Waals surface area contributed by atoms with Crippen molar-refractivity contribution in [2.75, 3.05) is 6.61 Å². The lowest BCUT2D eigenvalue weighted by molar-refractivity contribution is -0.187. The van der Waals surface area contributed by atoms with Crippen LogP contribution in [0, 0.1) is 45.8 Å². The predicted molar refractivity (Wildman–Crippen MR) is 119 cm³/mol. The molecule has 0 aromatic rings. The monoisotopic (exact) mass is 386 g/mol. The van der Waals surface area contributed by atoms with Gasteiger partial charge in [0.1, 0.15) is 0 Å². The predicted octanol–water partition coefficient (Wildman–Crippen LogP) is 7.39. The van der Waals surface area contributed by atoms with Gasteiger partial charge in [-0.25, -0.2) is 0 Å². The topological polar surface area (TPSA) is 20.2 Å². The van der Waals surface area contributed by atoms with Gasteiger partial charge >= 0.3 is 0 Å². The number of fused-ring (bicyclic) bond motifs is 5. The van der Waals surface area contributed by atoms with Gasteiger partial charge in [-0.1, -0.05) is 46.1 Å². The van der Waals surface area contributed by atoms with E-state index in [2.05, 4.69) is 33.4 Å². The zero-order valence-electron chi connectivity index (χ0n) is 19.0. The van der Waals surface area contributed by atoms with E-state index in [9.17, 15) is 5.11 Å². The molecule has 160 valence electrons. The standard InChI is InChI=1S/C27H46O/c1-5-14-26-16-12-22-23-10-8-7-9-21(19-28)25(23,4)15-13-24(22)27(26,6-2)17-11-20(3)18-26/h5,20-24,28H,1,6-19H2,2-4H3/t20-,21?,22-,23?,24?,25+,26+,27+/m0/s1. The van der Waals surface area contributed by atoms with E-state index in [4.69, 9.17) is 0 Å². The van der Waals surface area contributed by atoms with Crippen molar-refractivity contribution < 1.29 is 5.11 Å². The third-order valence-corrected chi connectivity index (χ3v) is 11.1. The van der Waals surface area contributed by atoms with E-state index in [-0.39, 0.29) is 0 Å². The number of aliphatic hydroxyl groups excluding tert-OH is 1. The molecule has 1 heteroatoms. The Morgan fingerprint density at radius 2 is 1.79 bits per heavy atom. The zero-order chi connectivity index (χ0) is 20.0. The van der Waals surface area contributed by atoms with E-state index in [1.54, 1.807) is 0 Å². The Hall–Kier alpha value is -0.300. The summed E-state index contributed by atoms with van der Waals surface area (Å²) in [6, 6.07) is 0. The Balaban J connectivity index is 1.72. The van der Waals surface area contributed by atoms with Crippen molar-refractivity contribution in [2.24, 2.45) is 45.8 Å². The van der Waals surface area contributed by atoms with Crippen molar-refractivity contribution >= 4 is 0 Å². The van der Waals surface area contributed by atoms with Crippen LogP contribution < -0.4 is 0 Å². The summed E-state index contributed by atoms with van der Waals surface area (Å²) in [6.07, 6.45) is 20.3. The molecule has 28 heavy (non-hydrogen) atoms. The number of hydrogen-bond acceptors (Lipinski definition) is 1. The van der Waals surface area contributed by atoms with E-state index in [1.165, 1.54) is 83.5 Å². The highest BCUT2D eigenvalue weighted by Gasteiger charge is 2.63. The van der Waals surface area contributed by atoms with Crippen LogP contribution in [0.2, 0.25) is 0 Å². The van der Waals surface area contributed by atoms with Crippen LogP contribution in [0.5, 0.6) is 0 Å². The highest BCUT2D eigenvalue weighted by molar-refractivity contribution is 5.14. The molecule has 4 fully saturated rings. The molecule has 0 spiro atoms. The van der Waals surface area contributed by atoms with Gasteiger partial charge < -0.3 is 5.11 Å². The van der Waals surface area contributed by atoms with Crippen molar-refractivity contribution in [3.05, 3.63) is 12.7 Å². The van der Waals surface area contributed by atoms with E-state index < -0.39 is 0 Å². The summed E-state index contributed by atoms with van der Waals surface area (Å²) in [6.45, 7) is 12.2. The van der Waals surface area contributed by atoms with Gasteiger partial charge in [0, 0.05) is 6.61 Å². The summed E-state index contributed by atoms with van der Waals surface area (Å²) < 4.78 is 0. The largest absolute Gasteiger partial charge is 0.396 e. The van der Waals surface area contributed by atoms with Crippen molar-refractivity contribution in [1.82, 2.24) is 0 Å². The van der Waals surface area contributed by atoms with Gasteiger partial charge in [-0.05, 0) is 110 Å². The van der Waals surface area contributed by atoms with Crippen molar-refractivity contribution in [2.45, 2.75) is 104 Å². The normalized spacial score (nSPS) is 51.4. The molecule has 0 heterocycles. The number of allylic oxidation sites excluding steroid dienone is 1. The van der Waals surface area contributed by atoms with Crippen molar-refractivity contribution in [1.29, 1.82) is 0 Å². The summed E-state index contributed by atoms with van der Waals surface area (Å²) >= 11 is 0. The van der Waals surface area contributed by atoms with E-state index in [1.807, 2.05) is 0 Å². The fourth-order valence-corrected chi connectivity index (χ4v) is 9.75. The second-order valence-corrected chi connectivity index (χ2v) is 11.8. The Kier molecular flexibility index (Phi) is 5.80. The van der Waals surface area contributed by atoms with Gasteiger partial charge in [0.15, 0.2) is 0 Å². The zero-order valence-corrected chi connectivity index (χ0v) is 19.0. The molecule has 4 aliphatic rings. The molecule has 4 saturated carbocycles. The molecule has 0 amide bonds. The van der Waals surface area contributed by atoms with E-state index in [0.717, 1.165) is 23.7 Å². The van der Waals surface area contributed by atoms with Gasteiger partial charge in [0.05, 0.1) is 0 Å². The Morgan fingerprint density at radius 3 is 2.50 bits per heavy atom. The first-order valence-corrected chi connectivity index (χ1v) is 12.7. The molecule has 3 unspecified atom stereocenters. The minimum Gasteiger partial charge on any atom is -0.396 e. The summed E-state index contributed by atoms with van der Waals surface area (Å²) in [4.78, 5) is 0. The molecule has 4 aliphatic carbocycles. The minimum atomic E-state index is 0.391. The molecule has 1 nitrogen and oxygen atoms in total. The van der Waals surface area contributed by atoms with Crippen molar-refractivity contribution in [3.8, 4) is 0 Å². The highest BCUT2D eigenvalue weighted by Crippen LogP contribution is 2.72. The third-order valence-electron chi connectivity index (χ3n) is 11.1. The lowest BCUT2D eigenvalue weighted by atomic mass is 9.37. The number of aliphatic hydroxyl groups is 1. The van der Waals surface area contributed by atoms with Crippen LogP contribution in [0.4, 0.5) is 0 Å². The van der Waals surface area contributed by atoms with Crippen LogP contribution >= 0.6 is 0 Å². The van der Waals surface area contributed by atoms with Crippen LogP contribution in [-0.2, 0) is 0 Å². The molecule has 0 radical (unpaired) electrons. The lowest BCUT2D eigenvalue weighted by Gasteiger charge is -2.68. The first-order chi connectivity index (χ1) is 13.5. The smallest absolute Gasteiger partial charge is 0.0464 e. The maximum atomic E-state index is 10.2. The first-order valence-electron chi connectivity index (χ1n) is 12.7.